The number of aromatic nitrogens is 3. The molecule has 7 nitrogen and oxygen atoms in total. The van der Waals surface area contributed by atoms with Crippen molar-refractivity contribution in [2.75, 3.05) is 23.3 Å². The lowest BCUT2D eigenvalue weighted by molar-refractivity contribution is -0.120. The van der Waals surface area contributed by atoms with Crippen LogP contribution in [0.4, 0.5) is 11.4 Å². The van der Waals surface area contributed by atoms with Gasteiger partial charge in [0.2, 0.25) is 5.91 Å². The van der Waals surface area contributed by atoms with Crippen LogP contribution in [0.1, 0.15) is 30.1 Å². The summed E-state index contributed by atoms with van der Waals surface area (Å²) in [4.78, 5) is 39.4. The molecule has 28 heavy (non-hydrogen) atoms. The van der Waals surface area contributed by atoms with Crippen LogP contribution in [0.15, 0.2) is 48.9 Å². The Morgan fingerprint density at radius 2 is 2.00 bits per heavy atom. The quantitative estimate of drug-likeness (QED) is 0.705. The van der Waals surface area contributed by atoms with Gasteiger partial charge in [0.15, 0.2) is 11.4 Å². The van der Waals surface area contributed by atoms with Gasteiger partial charge in [0.25, 0.3) is 0 Å². The van der Waals surface area contributed by atoms with Crippen molar-refractivity contribution < 1.29 is 9.59 Å². The molecule has 3 aromatic rings. The Morgan fingerprint density at radius 3 is 2.86 bits per heavy atom. The molecule has 2 aromatic heterocycles. The highest BCUT2D eigenvalue weighted by atomic mass is 16.2. The van der Waals surface area contributed by atoms with E-state index in [4.69, 9.17) is 0 Å². The number of Topliss-reactive ketones (excluding diaryl/α,β-unsaturated/α-hetero) is 1. The van der Waals surface area contributed by atoms with Gasteiger partial charge in [-0.1, -0.05) is 12.1 Å². The number of nitrogens with zero attached hydrogens (tertiary/aromatic N) is 4. The molecule has 0 spiro atoms. The summed E-state index contributed by atoms with van der Waals surface area (Å²) in [5, 5.41) is 2.95. The first kappa shape index (κ1) is 18.0. The average Bonchev–Trinajstić information content (AvgIpc) is 2.73. The van der Waals surface area contributed by atoms with Gasteiger partial charge in [-0.15, -0.1) is 0 Å². The van der Waals surface area contributed by atoms with Crippen LogP contribution in [0.2, 0.25) is 0 Å². The van der Waals surface area contributed by atoms with E-state index in [1.54, 1.807) is 42.9 Å². The molecule has 0 radical (unpaired) electrons. The molecule has 1 aromatic carbocycles. The van der Waals surface area contributed by atoms with Gasteiger partial charge in [-0.2, -0.15) is 0 Å². The van der Waals surface area contributed by atoms with Crippen LogP contribution in [-0.2, 0) is 4.79 Å². The Morgan fingerprint density at radius 1 is 1.14 bits per heavy atom. The Balaban J connectivity index is 1.47. The number of piperidine rings is 1. The number of anilines is 2. The molecule has 1 aliphatic heterocycles. The molecular formula is C21H21N5O2. The van der Waals surface area contributed by atoms with Gasteiger partial charge < -0.3 is 10.2 Å². The highest BCUT2D eigenvalue weighted by Crippen LogP contribution is 2.25. The highest BCUT2D eigenvalue weighted by molar-refractivity contribution is 5.97. The standard InChI is InChI=1S/C21H21N5O2/c1-14(27)15-4-2-6-17(10-15)25-21(28)16-5-3-9-26(13-16)18-11-19-20(24-12-18)23-8-7-22-19/h2,4,6-8,10-12,16H,3,5,9,13H2,1H3,(H,25,28)/t16-/m0/s1. The summed E-state index contributed by atoms with van der Waals surface area (Å²) in [6, 6.07) is 9.01. The molecule has 1 fully saturated rings. The lowest BCUT2D eigenvalue weighted by atomic mass is 9.96. The van der Waals surface area contributed by atoms with E-state index in [2.05, 4.69) is 25.2 Å². The van der Waals surface area contributed by atoms with Gasteiger partial charge in [0.05, 0.1) is 17.8 Å². The summed E-state index contributed by atoms with van der Waals surface area (Å²) in [6.45, 7) is 3.00. The monoisotopic (exact) mass is 375 g/mol. The maximum Gasteiger partial charge on any atom is 0.229 e. The molecular weight excluding hydrogens is 354 g/mol. The Labute approximate surface area is 162 Å². The fourth-order valence-electron chi connectivity index (χ4n) is 3.51. The number of rotatable bonds is 4. The van der Waals surface area contributed by atoms with E-state index in [0.717, 1.165) is 30.6 Å². The van der Waals surface area contributed by atoms with Crippen LogP contribution in [0.5, 0.6) is 0 Å². The number of hydrogen-bond donors (Lipinski definition) is 1. The Kier molecular flexibility index (Phi) is 4.97. The second kappa shape index (κ2) is 7.72. The fraction of sp³-hybridized carbons (Fsp3) is 0.286. The van der Waals surface area contributed by atoms with Gasteiger partial charge in [0.1, 0.15) is 5.52 Å². The van der Waals surface area contributed by atoms with Crippen molar-refractivity contribution in [3.8, 4) is 0 Å². The van der Waals surface area contributed by atoms with E-state index >= 15 is 0 Å². The number of benzene rings is 1. The molecule has 1 atom stereocenters. The third-order valence-corrected chi connectivity index (χ3v) is 5.00. The van der Waals surface area contributed by atoms with Crippen molar-refractivity contribution in [2.45, 2.75) is 19.8 Å². The van der Waals surface area contributed by atoms with Crippen LogP contribution in [-0.4, -0.2) is 39.7 Å². The molecule has 1 N–H and O–H groups in total. The normalized spacial score (nSPS) is 16.8. The number of carbonyl (C=O) groups excluding carboxylic acids is 2. The molecule has 0 aliphatic carbocycles. The van der Waals surface area contributed by atoms with E-state index in [1.165, 1.54) is 6.92 Å². The van der Waals surface area contributed by atoms with Gasteiger partial charge in [-0.05, 0) is 38.0 Å². The van der Waals surface area contributed by atoms with E-state index in [1.807, 2.05) is 6.07 Å². The van der Waals surface area contributed by atoms with Crippen molar-refractivity contribution >= 4 is 34.2 Å². The zero-order chi connectivity index (χ0) is 19.5. The third-order valence-electron chi connectivity index (χ3n) is 5.00. The second-order valence-corrected chi connectivity index (χ2v) is 7.00. The number of ketones is 1. The molecule has 0 saturated carbocycles. The third kappa shape index (κ3) is 3.83. The summed E-state index contributed by atoms with van der Waals surface area (Å²) >= 11 is 0. The first-order valence-corrected chi connectivity index (χ1v) is 9.34. The molecule has 7 heteroatoms. The van der Waals surface area contributed by atoms with Crippen LogP contribution in [0.25, 0.3) is 11.2 Å². The van der Waals surface area contributed by atoms with Crippen LogP contribution in [0, 0.1) is 5.92 Å². The van der Waals surface area contributed by atoms with E-state index < -0.39 is 0 Å². The summed E-state index contributed by atoms with van der Waals surface area (Å²) in [6.07, 6.45) is 6.81. The zero-order valence-electron chi connectivity index (χ0n) is 15.6. The predicted molar refractivity (Wildman–Crippen MR) is 107 cm³/mol. The maximum absolute atomic E-state index is 12.8. The molecule has 0 unspecified atom stereocenters. The summed E-state index contributed by atoms with van der Waals surface area (Å²) in [7, 11) is 0. The topological polar surface area (TPSA) is 88.1 Å². The summed E-state index contributed by atoms with van der Waals surface area (Å²) in [5.41, 5.74) is 3.54. The van der Waals surface area contributed by atoms with Gasteiger partial charge in [0, 0.05) is 36.7 Å². The fourth-order valence-corrected chi connectivity index (χ4v) is 3.51. The van der Waals surface area contributed by atoms with Crippen LogP contribution < -0.4 is 10.2 Å². The van der Waals surface area contributed by atoms with E-state index in [0.29, 0.717) is 23.4 Å². The lowest BCUT2D eigenvalue weighted by Gasteiger charge is -2.33. The SMILES string of the molecule is CC(=O)c1cccc(NC(=O)[C@H]2CCCN(c3cnc4nccnc4c3)C2)c1. The number of amides is 1. The molecule has 0 bridgehead atoms. The minimum atomic E-state index is -0.132. The first-order chi connectivity index (χ1) is 13.6. The van der Waals surface area contributed by atoms with Gasteiger partial charge >= 0.3 is 0 Å². The highest BCUT2D eigenvalue weighted by Gasteiger charge is 2.26. The molecule has 1 aliphatic rings. The molecule has 4 rings (SSSR count). The zero-order valence-corrected chi connectivity index (χ0v) is 15.6. The molecule has 1 saturated heterocycles. The second-order valence-electron chi connectivity index (χ2n) is 7.00. The number of pyridine rings is 1. The van der Waals surface area contributed by atoms with E-state index in [9.17, 15) is 9.59 Å². The Bertz CT molecular complexity index is 1040. The molecule has 3 heterocycles. The first-order valence-electron chi connectivity index (χ1n) is 9.34. The van der Waals surface area contributed by atoms with E-state index in [-0.39, 0.29) is 17.6 Å². The minimum absolute atomic E-state index is 0.0214. The van der Waals surface area contributed by atoms with Crippen LogP contribution >= 0.6 is 0 Å². The average molecular weight is 375 g/mol. The predicted octanol–water partition coefficient (Wildman–Crippen LogP) is 3.08. The summed E-state index contributed by atoms with van der Waals surface area (Å²) in [5.74, 6) is -0.182. The number of fused-ring (bicyclic) bond motifs is 1. The summed E-state index contributed by atoms with van der Waals surface area (Å²) < 4.78 is 0. The smallest absolute Gasteiger partial charge is 0.229 e. The van der Waals surface area contributed by atoms with Crippen molar-refractivity contribution in [1.82, 2.24) is 15.0 Å². The number of hydrogen-bond acceptors (Lipinski definition) is 6. The molecule has 142 valence electrons. The number of carbonyl (C=O) groups is 2. The van der Waals surface area contributed by atoms with Crippen molar-refractivity contribution in [3.05, 3.63) is 54.5 Å². The van der Waals surface area contributed by atoms with Gasteiger partial charge in [-0.25, -0.2) is 9.97 Å². The van der Waals surface area contributed by atoms with Crippen molar-refractivity contribution in [3.63, 3.8) is 0 Å². The molecule has 1 amide bonds. The number of nitrogens with one attached hydrogen (secondary N) is 1. The van der Waals surface area contributed by atoms with Crippen LogP contribution in [0.3, 0.4) is 0 Å². The van der Waals surface area contributed by atoms with Crippen molar-refractivity contribution in [1.29, 1.82) is 0 Å². The largest absolute Gasteiger partial charge is 0.369 e. The minimum Gasteiger partial charge on any atom is -0.369 e. The maximum atomic E-state index is 12.8. The Hall–Kier alpha value is -3.35. The lowest BCUT2D eigenvalue weighted by Crippen LogP contribution is -2.40. The van der Waals surface area contributed by atoms with Crippen molar-refractivity contribution in [2.24, 2.45) is 5.92 Å². The van der Waals surface area contributed by atoms with Gasteiger partial charge in [-0.3, -0.25) is 14.6 Å².